The molecule has 1 atom stereocenters. The van der Waals surface area contributed by atoms with Gasteiger partial charge >= 0.3 is 6.03 Å². The highest BCUT2D eigenvalue weighted by atomic mass is 16.2. The maximum Gasteiger partial charge on any atom is 0.322 e. The Morgan fingerprint density at radius 3 is 2.45 bits per heavy atom. The van der Waals surface area contributed by atoms with Gasteiger partial charge < -0.3 is 14.8 Å². The third kappa shape index (κ3) is 6.00. The zero-order valence-electron chi connectivity index (χ0n) is 19.4. The van der Waals surface area contributed by atoms with Crippen LogP contribution in [0.15, 0.2) is 66.9 Å². The van der Waals surface area contributed by atoms with E-state index in [2.05, 4.69) is 99.2 Å². The third-order valence-electron chi connectivity index (χ3n) is 6.00. The first-order valence-electron chi connectivity index (χ1n) is 11.2. The Morgan fingerprint density at radius 1 is 1.00 bits per heavy atom. The van der Waals surface area contributed by atoms with Gasteiger partial charge in [0.25, 0.3) is 0 Å². The maximum absolute atomic E-state index is 13.3. The molecule has 2 amide bonds. The van der Waals surface area contributed by atoms with Crippen molar-refractivity contribution in [3.8, 4) is 0 Å². The molecular formula is C27H35N3O. The van der Waals surface area contributed by atoms with Crippen LogP contribution in [0, 0.1) is 12.8 Å². The predicted octanol–water partition coefficient (Wildman–Crippen LogP) is 6.49. The van der Waals surface area contributed by atoms with E-state index in [1.807, 2.05) is 17.0 Å². The lowest BCUT2D eigenvalue weighted by atomic mass is 10.0. The molecule has 31 heavy (non-hydrogen) atoms. The van der Waals surface area contributed by atoms with Crippen LogP contribution in [0.3, 0.4) is 0 Å². The second-order valence-corrected chi connectivity index (χ2v) is 8.71. The maximum atomic E-state index is 13.3. The Kier molecular flexibility index (Phi) is 7.56. The minimum atomic E-state index is -0.0576. The number of hydrogen-bond acceptors (Lipinski definition) is 1. The van der Waals surface area contributed by atoms with Gasteiger partial charge in [0.15, 0.2) is 0 Å². The summed E-state index contributed by atoms with van der Waals surface area (Å²) in [6.45, 7) is 12.1. The molecule has 3 rings (SSSR count). The number of nitrogens with one attached hydrogen (secondary N) is 1. The molecule has 0 fully saturated rings. The summed E-state index contributed by atoms with van der Waals surface area (Å²) in [5.41, 5.74) is 5.72. The monoisotopic (exact) mass is 417 g/mol. The summed E-state index contributed by atoms with van der Waals surface area (Å²) in [5.74, 6) is 0.355. The Morgan fingerprint density at radius 2 is 1.74 bits per heavy atom. The molecular weight excluding hydrogens is 382 g/mol. The quantitative estimate of drug-likeness (QED) is 0.447. The predicted molar refractivity (Wildman–Crippen MR) is 129 cm³/mol. The van der Waals surface area contributed by atoms with E-state index in [1.54, 1.807) is 0 Å². The summed E-state index contributed by atoms with van der Waals surface area (Å²) < 4.78 is 2.24. The molecule has 1 heterocycles. The molecule has 0 aliphatic heterocycles. The van der Waals surface area contributed by atoms with E-state index in [0.29, 0.717) is 12.5 Å². The van der Waals surface area contributed by atoms with E-state index in [1.165, 1.54) is 16.7 Å². The number of rotatable bonds is 8. The van der Waals surface area contributed by atoms with Gasteiger partial charge in [-0.05, 0) is 61.6 Å². The first-order valence-corrected chi connectivity index (χ1v) is 11.2. The van der Waals surface area contributed by atoms with Crippen LogP contribution in [0.4, 0.5) is 10.5 Å². The molecule has 164 valence electrons. The van der Waals surface area contributed by atoms with Gasteiger partial charge in [-0.2, -0.15) is 0 Å². The zero-order valence-corrected chi connectivity index (χ0v) is 19.4. The fourth-order valence-corrected chi connectivity index (χ4v) is 3.75. The van der Waals surface area contributed by atoms with E-state index in [9.17, 15) is 4.79 Å². The van der Waals surface area contributed by atoms with Crippen molar-refractivity contribution in [2.75, 3.05) is 5.32 Å². The number of amides is 2. The number of benzene rings is 2. The fraction of sp³-hybridized carbons (Fsp3) is 0.370. The lowest BCUT2D eigenvalue weighted by Gasteiger charge is -2.32. The number of carbonyl (C=O) groups is 1. The molecule has 1 aromatic heterocycles. The summed E-state index contributed by atoms with van der Waals surface area (Å²) in [5, 5.41) is 3.12. The number of hydrogen-bond donors (Lipinski definition) is 1. The second kappa shape index (κ2) is 10.3. The Bertz CT molecular complexity index is 1000. The molecule has 0 unspecified atom stereocenters. The van der Waals surface area contributed by atoms with Crippen LogP contribution in [0.25, 0.3) is 0 Å². The average molecular weight is 418 g/mol. The highest BCUT2D eigenvalue weighted by Crippen LogP contribution is 2.19. The second-order valence-electron chi connectivity index (χ2n) is 8.71. The molecule has 1 N–H and O–H groups in total. The van der Waals surface area contributed by atoms with E-state index < -0.39 is 0 Å². The standard InChI is InChI=1S/C27H35N3O/c1-6-23-11-8-13-25(17-23)28-27(31)30(22(5)20(2)3)19-26-14-9-15-29(26)18-24-12-7-10-21(4)16-24/h7-17,20,22H,6,18-19H2,1-5H3,(H,28,31)/t22-/m1/s1. The van der Waals surface area contributed by atoms with Gasteiger partial charge in [0.2, 0.25) is 0 Å². The average Bonchev–Trinajstić information content (AvgIpc) is 3.18. The van der Waals surface area contributed by atoms with Gasteiger partial charge in [0.1, 0.15) is 0 Å². The van der Waals surface area contributed by atoms with E-state index in [-0.39, 0.29) is 12.1 Å². The van der Waals surface area contributed by atoms with Gasteiger partial charge in [-0.3, -0.25) is 0 Å². The molecule has 2 aromatic carbocycles. The number of carbonyl (C=O) groups excluding carboxylic acids is 1. The first kappa shape index (κ1) is 22.7. The van der Waals surface area contributed by atoms with E-state index in [4.69, 9.17) is 0 Å². The van der Waals surface area contributed by atoms with Crippen LogP contribution in [-0.4, -0.2) is 21.5 Å². The summed E-state index contributed by atoms with van der Waals surface area (Å²) >= 11 is 0. The highest BCUT2D eigenvalue weighted by molar-refractivity contribution is 5.89. The van der Waals surface area contributed by atoms with Crippen molar-refractivity contribution in [3.05, 3.63) is 89.2 Å². The molecule has 0 spiro atoms. The third-order valence-corrected chi connectivity index (χ3v) is 6.00. The number of aromatic nitrogens is 1. The van der Waals surface area contributed by atoms with Crippen molar-refractivity contribution < 1.29 is 4.79 Å². The van der Waals surface area contributed by atoms with Crippen LogP contribution in [0.5, 0.6) is 0 Å². The highest BCUT2D eigenvalue weighted by Gasteiger charge is 2.24. The molecule has 4 nitrogen and oxygen atoms in total. The van der Waals surface area contributed by atoms with Gasteiger partial charge in [-0.1, -0.05) is 62.7 Å². The summed E-state index contributed by atoms with van der Waals surface area (Å²) in [4.78, 5) is 15.3. The molecule has 0 saturated heterocycles. The topological polar surface area (TPSA) is 37.3 Å². The van der Waals surface area contributed by atoms with Crippen LogP contribution in [-0.2, 0) is 19.5 Å². The van der Waals surface area contributed by atoms with Gasteiger partial charge in [0, 0.05) is 30.2 Å². The van der Waals surface area contributed by atoms with Crippen LogP contribution >= 0.6 is 0 Å². The molecule has 0 bridgehead atoms. The fourth-order valence-electron chi connectivity index (χ4n) is 3.75. The Balaban J connectivity index is 1.80. The van der Waals surface area contributed by atoms with E-state index >= 15 is 0 Å². The molecule has 0 saturated carbocycles. The minimum absolute atomic E-state index is 0.0576. The molecule has 4 heteroatoms. The lowest BCUT2D eigenvalue weighted by Crippen LogP contribution is -2.43. The number of urea groups is 1. The van der Waals surface area contributed by atoms with E-state index in [0.717, 1.165) is 24.3 Å². The Hall–Kier alpha value is -3.01. The van der Waals surface area contributed by atoms with Gasteiger partial charge in [0.05, 0.1) is 6.54 Å². The molecule has 3 aromatic rings. The number of anilines is 1. The largest absolute Gasteiger partial charge is 0.345 e. The van der Waals surface area contributed by atoms with Gasteiger partial charge in [-0.15, -0.1) is 0 Å². The normalized spacial score (nSPS) is 12.1. The van der Waals surface area contributed by atoms with Crippen molar-refractivity contribution >= 4 is 11.7 Å². The minimum Gasteiger partial charge on any atom is -0.345 e. The molecule has 0 aliphatic rings. The smallest absolute Gasteiger partial charge is 0.322 e. The van der Waals surface area contributed by atoms with Crippen molar-refractivity contribution in [2.24, 2.45) is 5.92 Å². The SMILES string of the molecule is CCc1cccc(NC(=O)N(Cc2cccn2Cc2cccc(C)c2)[C@H](C)C(C)C)c1. The van der Waals surface area contributed by atoms with Crippen LogP contribution < -0.4 is 5.32 Å². The van der Waals surface area contributed by atoms with Crippen LogP contribution in [0.1, 0.15) is 50.1 Å². The van der Waals surface area contributed by atoms with Crippen molar-refractivity contribution in [1.29, 1.82) is 0 Å². The number of aryl methyl sites for hydroxylation is 2. The number of nitrogens with zero attached hydrogens (tertiary/aromatic N) is 2. The molecule has 0 radical (unpaired) electrons. The molecule has 0 aliphatic carbocycles. The summed E-state index contributed by atoms with van der Waals surface area (Å²) in [6, 6.07) is 20.9. The van der Waals surface area contributed by atoms with Crippen molar-refractivity contribution in [1.82, 2.24) is 9.47 Å². The summed E-state index contributed by atoms with van der Waals surface area (Å²) in [6.07, 6.45) is 3.04. The van der Waals surface area contributed by atoms with Crippen LogP contribution in [0.2, 0.25) is 0 Å². The zero-order chi connectivity index (χ0) is 22.4. The van der Waals surface area contributed by atoms with Crippen molar-refractivity contribution in [3.63, 3.8) is 0 Å². The van der Waals surface area contributed by atoms with Crippen molar-refractivity contribution in [2.45, 2.75) is 60.2 Å². The van der Waals surface area contributed by atoms with Gasteiger partial charge in [-0.25, -0.2) is 4.79 Å². The lowest BCUT2D eigenvalue weighted by molar-refractivity contribution is 0.168. The first-order chi connectivity index (χ1) is 14.9. The Labute approximate surface area is 186 Å². The summed E-state index contributed by atoms with van der Waals surface area (Å²) in [7, 11) is 0.